The Morgan fingerprint density at radius 1 is 1.26 bits per heavy atom. The minimum absolute atomic E-state index is 0.0866. The van der Waals surface area contributed by atoms with Gasteiger partial charge in [-0.2, -0.15) is 5.10 Å². The first-order valence-corrected chi connectivity index (χ1v) is 6.20. The summed E-state index contributed by atoms with van der Waals surface area (Å²) in [6.07, 6.45) is 5.01. The van der Waals surface area contributed by atoms with E-state index in [0.29, 0.717) is 11.3 Å². The lowest BCUT2D eigenvalue weighted by Gasteiger charge is -2.02. The largest absolute Gasteiger partial charge is 0.287 e. The van der Waals surface area contributed by atoms with E-state index in [1.54, 1.807) is 23.3 Å². The quantitative estimate of drug-likeness (QED) is 0.672. The first kappa shape index (κ1) is 11.6. The molecule has 0 saturated carbocycles. The van der Waals surface area contributed by atoms with Gasteiger partial charge < -0.3 is 0 Å². The summed E-state index contributed by atoms with van der Waals surface area (Å²) in [6.45, 7) is 2.73. The summed E-state index contributed by atoms with van der Waals surface area (Å²) in [5, 5.41) is 6.02. The predicted molar refractivity (Wildman–Crippen MR) is 73.1 cm³/mol. The molecule has 0 aliphatic rings. The van der Waals surface area contributed by atoms with E-state index in [2.05, 4.69) is 10.1 Å². The Bertz CT molecular complexity index is 740. The van der Waals surface area contributed by atoms with Crippen molar-refractivity contribution in [3.8, 4) is 0 Å². The Hall–Kier alpha value is -2.49. The molecule has 1 aromatic carbocycles. The number of carbonyl (C=O) groups excluding carboxylic acids is 1. The second-order valence-corrected chi connectivity index (χ2v) is 4.29. The van der Waals surface area contributed by atoms with E-state index in [9.17, 15) is 4.79 Å². The smallest absolute Gasteiger partial charge is 0.215 e. The Kier molecular flexibility index (Phi) is 2.83. The number of carbonyl (C=O) groups is 1. The van der Waals surface area contributed by atoms with Crippen LogP contribution in [-0.4, -0.2) is 20.5 Å². The molecule has 4 heteroatoms. The van der Waals surface area contributed by atoms with Crippen molar-refractivity contribution in [3.05, 3.63) is 60.2 Å². The van der Waals surface area contributed by atoms with Crippen LogP contribution >= 0.6 is 0 Å². The molecule has 0 spiro atoms. The molecule has 2 aromatic heterocycles. The van der Waals surface area contributed by atoms with Crippen molar-refractivity contribution in [1.82, 2.24) is 14.8 Å². The molecule has 0 saturated heterocycles. The molecular weight excluding hydrogens is 238 g/mol. The van der Waals surface area contributed by atoms with Gasteiger partial charge in [0.1, 0.15) is 5.69 Å². The molecule has 0 fully saturated rings. The molecule has 3 aromatic rings. The van der Waals surface area contributed by atoms with Crippen molar-refractivity contribution >= 4 is 16.6 Å². The minimum atomic E-state index is -0.0866. The maximum absolute atomic E-state index is 12.5. The molecule has 0 bridgehead atoms. The van der Waals surface area contributed by atoms with Crippen LogP contribution < -0.4 is 0 Å². The number of ketones is 1. The van der Waals surface area contributed by atoms with Crippen molar-refractivity contribution in [3.63, 3.8) is 0 Å². The number of rotatable bonds is 3. The Morgan fingerprint density at radius 2 is 2.11 bits per heavy atom. The lowest BCUT2D eigenvalue weighted by Crippen LogP contribution is -2.04. The van der Waals surface area contributed by atoms with Crippen LogP contribution in [0.3, 0.4) is 0 Å². The van der Waals surface area contributed by atoms with Gasteiger partial charge in [-0.25, -0.2) is 0 Å². The van der Waals surface area contributed by atoms with Crippen LogP contribution in [0, 0.1) is 0 Å². The van der Waals surface area contributed by atoms with Gasteiger partial charge in [-0.3, -0.25) is 14.5 Å². The summed E-state index contributed by atoms with van der Waals surface area (Å²) < 4.78 is 1.73. The van der Waals surface area contributed by atoms with Crippen molar-refractivity contribution in [2.75, 3.05) is 0 Å². The molecule has 0 atom stereocenters. The van der Waals surface area contributed by atoms with Gasteiger partial charge in [0.05, 0.1) is 11.8 Å². The number of hydrogen-bond acceptors (Lipinski definition) is 3. The Labute approximate surface area is 110 Å². The third-order valence-corrected chi connectivity index (χ3v) is 3.11. The molecule has 4 nitrogen and oxygen atoms in total. The second-order valence-electron chi connectivity index (χ2n) is 4.29. The monoisotopic (exact) mass is 251 g/mol. The average Bonchev–Trinajstić information content (AvgIpc) is 2.95. The first-order valence-electron chi connectivity index (χ1n) is 6.20. The lowest BCUT2D eigenvalue weighted by atomic mass is 10.0. The van der Waals surface area contributed by atoms with Crippen molar-refractivity contribution in [2.24, 2.45) is 0 Å². The predicted octanol–water partition coefficient (Wildman–Crippen LogP) is 2.68. The number of aromatic nitrogens is 3. The zero-order valence-corrected chi connectivity index (χ0v) is 10.6. The molecule has 0 unspecified atom stereocenters. The molecule has 94 valence electrons. The highest BCUT2D eigenvalue weighted by Crippen LogP contribution is 2.19. The Morgan fingerprint density at radius 3 is 2.89 bits per heavy atom. The van der Waals surface area contributed by atoms with Crippen LogP contribution in [0.1, 0.15) is 23.0 Å². The van der Waals surface area contributed by atoms with E-state index in [0.717, 1.165) is 17.3 Å². The molecule has 0 aliphatic carbocycles. The number of pyridine rings is 1. The van der Waals surface area contributed by atoms with Gasteiger partial charge >= 0.3 is 0 Å². The topological polar surface area (TPSA) is 47.8 Å². The SMILES string of the molecule is CCn1cc(C(=O)c2nccc3ccccc23)cn1. The van der Waals surface area contributed by atoms with E-state index in [-0.39, 0.29) is 5.78 Å². The van der Waals surface area contributed by atoms with Gasteiger partial charge in [0, 0.05) is 24.3 Å². The lowest BCUT2D eigenvalue weighted by molar-refractivity contribution is 0.103. The normalized spacial score (nSPS) is 10.8. The number of benzene rings is 1. The summed E-state index contributed by atoms with van der Waals surface area (Å²) >= 11 is 0. The van der Waals surface area contributed by atoms with Gasteiger partial charge in [-0.15, -0.1) is 0 Å². The molecule has 0 radical (unpaired) electrons. The zero-order valence-electron chi connectivity index (χ0n) is 10.6. The van der Waals surface area contributed by atoms with Crippen LogP contribution in [0.25, 0.3) is 10.8 Å². The number of aryl methyl sites for hydroxylation is 1. The second kappa shape index (κ2) is 4.65. The van der Waals surface area contributed by atoms with Crippen LogP contribution in [0.15, 0.2) is 48.9 Å². The fraction of sp³-hybridized carbons (Fsp3) is 0.133. The number of fused-ring (bicyclic) bond motifs is 1. The highest BCUT2D eigenvalue weighted by Gasteiger charge is 2.15. The van der Waals surface area contributed by atoms with Crippen LogP contribution in [0.2, 0.25) is 0 Å². The maximum Gasteiger partial charge on any atom is 0.215 e. The number of hydrogen-bond donors (Lipinski definition) is 0. The summed E-state index contributed by atoms with van der Waals surface area (Å²) in [5.74, 6) is -0.0866. The zero-order chi connectivity index (χ0) is 13.2. The van der Waals surface area contributed by atoms with Crippen molar-refractivity contribution in [2.45, 2.75) is 13.5 Å². The molecule has 0 amide bonds. The first-order chi connectivity index (χ1) is 9.29. The van der Waals surface area contributed by atoms with E-state index in [4.69, 9.17) is 0 Å². The highest BCUT2D eigenvalue weighted by molar-refractivity contribution is 6.14. The molecule has 0 aliphatic heterocycles. The maximum atomic E-state index is 12.5. The van der Waals surface area contributed by atoms with Gasteiger partial charge in [-0.1, -0.05) is 24.3 Å². The van der Waals surface area contributed by atoms with Crippen LogP contribution in [0.4, 0.5) is 0 Å². The minimum Gasteiger partial charge on any atom is -0.287 e. The van der Waals surface area contributed by atoms with Gasteiger partial charge in [0.25, 0.3) is 0 Å². The summed E-state index contributed by atoms with van der Waals surface area (Å²) in [7, 11) is 0. The fourth-order valence-corrected chi connectivity index (χ4v) is 2.09. The van der Waals surface area contributed by atoms with E-state index < -0.39 is 0 Å². The molecule has 3 rings (SSSR count). The van der Waals surface area contributed by atoms with E-state index in [1.807, 2.05) is 37.3 Å². The third-order valence-electron chi connectivity index (χ3n) is 3.11. The average molecular weight is 251 g/mol. The molecular formula is C15H13N3O. The van der Waals surface area contributed by atoms with E-state index >= 15 is 0 Å². The van der Waals surface area contributed by atoms with Crippen LogP contribution in [0.5, 0.6) is 0 Å². The molecule has 19 heavy (non-hydrogen) atoms. The summed E-state index contributed by atoms with van der Waals surface area (Å²) in [4.78, 5) is 16.7. The van der Waals surface area contributed by atoms with Gasteiger partial charge in [-0.05, 0) is 18.4 Å². The number of nitrogens with zero attached hydrogens (tertiary/aromatic N) is 3. The summed E-state index contributed by atoms with van der Waals surface area (Å²) in [5.41, 5.74) is 1.06. The van der Waals surface area contributed by atoms with Crippen molar-refractivity contribution < 1.29 is 4.79 Å². The van der Waals surface area contributed by atoms with Crippen LogP contribution in [-0.2, 0) is 6.54 Å². The van der Waals surface area contributed by atoms with Crippen molar-refractivity contribution in [1.29, 1.82) is 0 Å². The van der Waals surface area contributed by atoms with Gasteiger partial charge in [0.2, 0.25) is 5.78 Å². The third kappa shape index (κ3) is 2.01. The Balaban J connectivity index is 2.11. The standard InChI is InChI=1S/C15H13N3O/c1-2-18-10-12(9-17-18)15(19)14-13-6-4-3-5-11(13)7-8-16-14/h3-10H,2H2,1H3. The summed E-state index contributed by atoms with van der Waals surface area (Å²) in [6, 6.07) is 9.66. The molecule has 2 heterocycles. The highest BCUT2D eigenvalue weighted by atomic mass is 16.1. The molecule has 0 N–H and O–H groups in total. The fourth-order valence-electron chi connectivity index (χ4n) is 2.09. The van der Waals surface area contributed by atoms with Gasteiger partial charge in [0.15, 0.2) is 0 Å². The van der Waals surface area contributed by atoms with E-state index in [1.165, 1.54) is 0 Å².